The molecule has 2 fully saturated rings. The standard InChI is InChI=1S/C22H44N2/c1-8-23-14-9-10-20(16-23)22(6,7)13-11-18(2)24-15-12-19(17-24)21(3,4)5/h18-20H,8-17H2,1-7H3. The molecule has 3 atom stereocenters. The van der Waals surface area contributed by atoms with Gasteiger partial charge in [-0.3, -0.25) is 0 Å². The van der Waals surface area contributed by atoms with E-state index >= 15 is 0 Å². The van der Waals surface area contributed by atoms with Crippen molar-refractivity contribution < 1.29 is 0 Å². The first-order valence-corrected chi connectivity index (χ1v) is 10.6. The van der Waals surface area contributed by atoms with E-state index in [1.807, 2.05) is 0 Å². The van der Waals surface area contributed by atoms with Crippen molar-refractivity contribution in [1.82, 2.24) is 9.80 Å². The molecule has 2 aliphatic rings. The quantitative estimate of drug-likeness (QED) is 0.651. The molecule has 2 nitrogen and oxygen atoms in total. The monoisotopic (exact) mass is 336 g/mol. The van der Waals surface area contributed by atoms with Crippen molar-refractivity contribution in [3.63, 3.8) is 0 Å². The number of nitrogens with zero attached hydrogens (tertiary/aromatic N) is 2. The van der Waals surface area contributed by atoms with Gasteiger partial charge in [-0.05, 0) is 81.3 Å². The number of hydrogen-bond donors (Lipinski definition) is 0. The Morgan fingerprint density at radius 3 is 2.25 bits per heavy atom. The van der Waals surface area contributed by atoms with Gasteiger partial charge >= 0.3 is 0 Å². The molecule has 2 saturated heterocycles. The summed E-state index contributed by atoms with van der Waals surface area (Å²) in [6, 6.07) is 0.752. The lowest BCUT2D eigenvalue weighted by atomic mass is 9.71. The summed E-state index contributed by atoms with van der Waals surface area (Å²) in [5.74, 6) is 1.77. The van der Waals surface area contributed by atoms with Gasteiger partial charge < -0.3 is 9.80 Å². The first kappa shape index (κ1) is 20.2. The Hall–Kier alpha value is -0.0800. The van der Waals surface area contributed by atoms with Crippen LogP contribution in [0.1, 0.15) is 80.6 Å². The van der Waals surface area contributed by atoms with E-state index in [-0.39, 0.29) is 0 Å². The normalized spacial score (nSPS) is 29.1. The fraction of sp³-hybridized carbons (Fsp3) is 1.00. The van der Waals surface area contributed by atoms with Gasteiger partial charge in [0, 0.05) is 19.1 Å². The first-order valence-electron chi connectivity index (χ1n) is 10.6. The molecule has 2 heteroatoms. The van der Waals surface area contributed by atoms with E-state index in [0.29, 0.717) is 10.8 Å². The Morgan fingerprint density at radius 2 is 1.67 bits per heavy atom. The van der Waals surface area contributed by atoms with Crippen LogP contribution in [0, 0.1) is 22.7 Å². The third kappa shape index (κ3) is 5.21. The zero-order valence-electron chi connectivity index (χ0n) is 17.7. The summed E-state index contributed by atoms with van der Waals surface area (Å²) in [5.41, 5.74) is 0.963. The SMILES string of the molecule is CCN1CCCC(C(C)(C)CCC(C)N2CCC(C(C)(C)C)C2)C1. The van der Waals surface area contributed by atoms with Crippen molar-refractivity contribution in [2.75, 3.05) is 32.7 Å². The van der Waals surface area contributed by atoms with Crippen LogP contribution in [0.15, 0.2) is 0 Å². The average Bonchev–Trinajstić information content (AvgIpc) is 3.03. The zero-order valence-corrected chi connectivity index (χ0v) is 17.7. The molecular weight excluding hydrogens is 292 g/mol. The highest BCUT2D eigenvalue weighted by molar-refractivity contribution is 4.88. The lowest BCUT2D eigenvalue weighted by Gasteiger charge is -2.42. The summed E-state index contributed by atoms with van der Waals surface area (Å²) >= 11 is 0. The van der Waals surface area contributed by atoms with Crippen molar-refractivity contribution in [3.8, 4) is 0 Å². The van der Waals surface area contributed by atoms with Crippen molar-refractivity contribution in [2.45, 2.75) is 86.6 Å². The molecule has 0 N–H and O–H groups in total. The zero-order chi connectivity index (χ0) is 18.0. The molecule has 3 unspecified atom stereocenters. The molecule has 0 saturated carbocycles. The van der Waals surface area contributed by atoms with Gasteiger partial charge in [-0.25, -0.2) is 0 Å². The molecule has 2 heterocycles. The van der Waals surface area contributed by atoms with Crippen molar-refractivity contribution in [3.05, 3.63) is 0 Å². The second kappa shape index (κ2) is 8.08. The number of piperidine rings is 1. The van der Waals surface area contributed by atoms with Crippen LogP contribution in [0.5, 0.6) is 0 Å². The summed E-state index contributed by atoms with van der Waals surface area (Å²) in [7, 11) is 0. The molecule has 0 aromatic rings. The van der Waals surface area contributed by atoms with Crippen LogP contribution in [0.2, 0.25) is 0 Å². The van der Waals surface area contributed by atoms with E-state index in [4.69, 9.17) is 0 Å². The molecule has 0 aromatic heterocycles. The van der Waals surface area contributed by atoms with E-state index in [1.165, 1.54) is 64.8 Å². The van der Waals surface area contributed by atoms with Crippen LogP contribution in [-0.4, -0.2) is 48.6 Å². The number of likely N-dealkylation sites (tertiary alicyclic amines) is 2. The van der Waals surface area contributed by atoms with E-state index < -0.39 is 0 Å². The Kier molecular flexibility index (Phi) is 6.81. The topological polar surface area (TPSA) is 6.48 Å². The van der Waals surface area contributed by atoms with Gasteiger partial charge in [0.2, 0.25) is 0 Å². The van der Waals surface area contributed by atoms with Crippen LogP contribution in [0.4, 0.5) is 0 Å². The Balaban J connectivity index is 1.81. The molecule has 142 valence electrons. The second-order valence-electron chi connectivity index (χ2n) is 10.5. The van der Waals surface area contributed by atoms with E-state index in [2.05, 4.69) is 58.3 Å². The van der Waals surface area contributed by atoms with Gasteiger partial charge in [0.15, 0.2) is 0 Å². The van der Waals surface area contributed by atoms with Crippen molar-refractivity contribution >= 4 is 0 Å². The number of hydrogen-bond acceptors (Lipinski definition) is 2. The Morgan fingerprint density at radius 1 is 0.958 bits per heavy atom. The van der Waals surface area contributed by atoms with Gasteiger partial charge in [-0.1, -0.05) is 41.5 Å². The predicted molar refractivity (Wildman–Crippen MR) is 106 cm³/mol. The summed E-state index contributed by atoms with van der Waals surface area (Å²) in [6.45, 7) is 23.6. The third-order valence-electron chi connectivity index (χ3n) is 7.33. The molecule has 0 spiro atoms. The molecule has 0 bridgehead atoms. The largest absolute Gasteiger partial charge is 0.303 e. The van der Waals surface area contributed by atoms with Gasteiger partial charge in [0.05, 0.1) is 0 Å². The van der Waals surface area contributed by atoms with Gasteiger partial charge in [-0.15, -0.1) is 0 Å². The highest BCUT2D eigenvalue weighted by atomic mass is 15.2. The highest BCUT2D eigenvalue weighted by Gasteiger charge is 2.36. The van der Waals surface area contributed by atoms with Gasteiger partial charge in [0.25, 0.3) is 0 Å². The maximum absolute atomic E-state index is 2.77. The summed E-state index contributed by atoms with van der Waals surface area (Å²) < 4.78 is 0. The Labute approximate surface area is 152 Å². The Bertz CT molecular complexity index is 382. The fourth-order valence-electron chi connectivity index (χ4n) is 4.84. The number of rotatable bonds is 6. The minimum absolute atomic E-state index is 0.472. The summed E-state index contributed by atoms with van der Waals surface area (Å²) in [6.07, 6.45) is 6.98. The van der Waals surface area contributed by atoms with E-state index in [9.17, 15) is 0 Å². The molecule has 0 aromatic carbocycles. The molecule has 0 aliphatic carbocycles. The van der Waals surface area contributed by atoms with Crippen LogP contribution in [-0.2, 0) is 0 Å². The molecular formula is C22H44N2. The molecule has 0 amide bonds. The molecule has 2 rings (SSSR count). The molecule has 0 radical (unpaired) electrons. The van der Waals surface area contributed by atoms with E-state index in [0.717, 1.165) is 17.9 Å². The minimum atomic E-state index is 0.472. The van der Waals surface area contributed by atoms with Crippen LogP contribution in [0.25, 0.3) is 0 Å². The predicted octanol–water partition coefficient (Wildman–Crippen LogP) is 5.28. The lowest BCUT2D eigenvalue weighted by molar-refractivity contribution is 0.0756. The first-order chi connectivity index (χ1) is 11.1. The van der Waals surface area contributed by atoms with Gasteiger partial charge in [0.1, 0.15) is 0 Å². The lowest BCUT2D eigenvalue weighted by Crippen LogP contribution is -2.42. The fourth-order valence-corrected chi connectivity index (χ4v) is 4.84. The summed E-state index contributed by atoms with van der Waals surface area (Å²) in [4.78, 5) is 5.43. The molecule has 2 aliphatic heterocycles. The van der Waals surface area contributed by atoms with Crippen LogP contribution in [0.3, 0.4) is 0 Å². The van der Waals surface area contributed by atoms with E-state index in [1.54, 1.807) is 0 Å². The van der Waals surface area contributed by atoms with Crippen LogP contribution >= 0.6 is 0 Å². The average molecular weight is 337 g/mol. The third-order valence-corrected chi connectivity index (χ3v) is 7.33. The summed E-state index contributed by atoms with van der Waals surface area (Å²) in [5, 5.41) is 0. The minimum Gasteiger partial charge on any atom is -0.303 e. The molecule has 24 heavy (non-hydrogen) atoms. The second-order valence-corrected chi connectivity index (χ2v) is 10.5. The maximum Gasteiger partial charge on any atom is 0.00672 e. The van der Waals surface area contributed by atoms with Crippen LogP contribution < -0.4 is 0 Å². The smallest absolute Gasteiger partial charge is 0.00672 e. The van der Waals surface area contributed by atoms with Gasteiger partial charge in [-0.2, -0.15) is 0 Å². The van der Waals surface area contributed by atoms with Crippen molar-refractivity contribution in [1.29, 1.82) is 0 Å². The highest BCUT2D eigenvalue weighted by Crippen LogP contribution is 2.39. The maximum atomic E-state index is 2.77. The van der Waals surface area contributed by atoms with Crippen molar-refractivity contribution in [2.24, 2.45) is 22.7 Å².